The largest absolute Gasteiger partial charge is 0.491 e. The van der Waals surface area contributed by atoms with Crippen LogP contribution in [-0.4, -0.2) is 19.5 Å². The fourth-order valence-electron chi connectivity index (χ4n) is 2.70. The number of aryl methyl sites for hydroxylation is 2. The van der Waals surface area contributed by atoms with Crippen molar-refractivity contribution in [1.29, 1.82) is 0 Å². The molecule has 0 radical (unpaired) electrons. The molecule has 2 aromatic rings. The summed E-state index contributed by atoms with van der Waals surface area (Å²) in [4.78, 5) is 5.74. The number of hydrogen-bond acceptors (Lipinski definition) is 5. The predicted octanol–water partition coefficient (Wildman–Crippen LogP) is 3.98. The fourth-order valence-corrected chi connectivity index (χ4v) is 5.05. The lowest BCUT2D eigenvalue weighted by molar-refractivity contribution is 0.240. The first-order valence-corrected chi connectivity index (χ1v) is 10.8. The van der Waals surface area contributed by atoms with Crippen molar-refractivity contribution in [2.24, 2.45) is 5.92 Å². The molecule has 5 nitrogen and oxygen atoms in total. The van der Waals surface area contributed by atoms with Crippen molar-refractivity contribution in [3.05, 3.63) is 39.8 Å². The Bertz CT molecular complexity index is 855. The van der Waals surface area contributed by atoms with E-state index in [0.29, 0.717) is 11.7 Å². The summed E-state index contributed by atoms with van der Waals surface area (Å²) in [5, 5.41) is 0.847. The van der Waals surface area contributed by atoms with Crippen LogP contribution in [0.15, 0.2) is 29.3 Å². The lowest BCUT2D eigenvalue weighted by Crippen LogP contribution is -2.30. The number of nitrogens with one attached hydrogen (secondary N) is 1. The van der Waals surface area contributed by atoms with Crippen molar-refractivity contribution in [3.63, 3.8) is 0 Å². The maximum atomic E-state index is 12.9. The zero-order valence-corrected chi connectivity index (χ0v) is 16.6. The molecular weight excluding hydrogens is 356 g/mol. The van der Waals surface area contributed by atoms with Gasteiger partial charge in [0.05, 0.1) is 17.0 Å². The molecule has 0 aliphatic heterocycles. The molecular formula is C18H24N2O3S2. The molecule has 0 amide bonds. The van der Waals surface area contributed by atoms with E-state index in [0.717, 1.165) is 28.3 Å². The van der Waals surface area contributed by atoms with Crippen molar-refractivity contribution in [1.82, 2.24) is 9.71 Å². The molecule has 1 aliphatic rings. The summed E-state index contributed by atoms with van der Waals surface area (Å²) in [5.41, 5.74) is 0.810. The number of sulfonamides is 1. The van der Waals surface area contributed by atoms with Gasteiger partial charge in [-0.05, 0) is 70.2 Å². The van der Waals surface area contributed by atoms with E-state index < -0.39 is 10.0 Å². The lowest BCUT2D eigenvalue weighted by atomic mass is 10.2. The third kappa shape index (κ3) is 4.40. The third-order valence-electron chi connectivity index (χ3n) is 4.10. The average molecular weight is 381 g/mol. The number of aromatic nitrogens is 1. The highest BCUT2D eigenvalue weighted by Gasteiger charge is 2.37. The van der Waals surface area contributed by atoms with Gasteiger partial charge in [-0.25, -0.2) is 18.1 Å². The molecule has 0 saturated heterocycles. The van der Waals surface area contributed by atoms with Crippen LogP contribution in [0.1, 0.15) is 48.2 Å². The number of ether oxygens (including phenoxy) is 1. The van der Waals surface area contributed by atoms with E-state index in [1.165, 1.54) is 0 Å². The molecule has 1 aromatic heterocycles. The van der Waals surface area contributed by atoms with Crippen LogP contribution in [-0.2, 0) is 10.0 Å². The summed E-state index contributed by atoms with van der Waals surface area (Å²) < 4.78 is 34.3. The Kier molecular flexibility index (Phi) is 5.18. The van der Waals surface area contributed by atoms with Crippen molar-refractivity contribution in [2.75, 3.05) is 0 Å². The Morgan fingerprint density at radius 3 is 2.52 bits per heavy atom. The Morgan fingerprint density at radius 2 is 2.00 bits per heavy atom. The molecule has 1 N–H and O–H groups in total. The molecule has 1 saturated carbocycles. The third-order valence-corrected chi connectivity index (χ3v) is 6.53. The van der Waals surface area contributed by atoms with E-state index >= 15 is 0 Å². The van der Waals surface area contributed by atoms with Crippen molar-refractivity contribution in [3.8, 4) is 5.75 Å². The lowest BCUT2D eigenvalue weighted by Gasteiger charge is -2.17. The summed E-state index contributed by atoms with van der Waals surface area (Å²) in [6.45, 7) is 7.74. The molecule has 1 fully saturated rings. The molecule has 25 heavy (non-hydrogen) atoms. The zero-order chi connectivity index (χ0) is 18.2. The molecule has 0 bridgehead atoms. The summed E-state index contributed by atoms with van der Waals surface area (Å²) in [7, 11) is -3.61. The number of thiazole rings is 1. The van der Waals surface area contributed by atoms with Crippen molar-refractivity contribution < 1.29 is 13.2 Å². The van der Waals surface area contributed by atoms with Gasteiger partial charge in [-0.1, -0.05) is 0 Å². The molecule has 1 heterocycles. The normalized spacial score (nSPS) is 16.2. The minimum Gasteiger partial charge on any atom is -0.491 e. The number of nitrogens with zero attached hydrogens (tertiary/aromatic N) is 1. The van der Waals surface area contributed by atoms with Crippen LogP contribution in [0.3, 0.4) is 0 Å². The highest BCUT2D eigenvalue weighted by Crippen LogP contribution is 2.42. The number of hydrogen-bond donors (Lipinski definition) is 1. The first kappa shape index (κ1) is 18.4. The van der Waals surface area contributed by atoms with Gasteiger partial charge in [-0.2, -0.15) is 0 Å². The average Bonchev–Trinajstić information content (AvgIpc) is 3.28. The van der Waals surface area contributed by atoms with Crippen LogP contribution >= 0.6 is 11.3 Å². The number of benzene rings is 1. The highest BCUT2D eigenvalue weighted by atomic mass is 32.2. The minimum atomic E-state index is -3.61. The van der Waals surface area contributed by atoms with Crippen molar-refractivity contribution in [2.45, 2.75) is 57.6 Å². The second-order valence-electron chi connectivity index (χ2n) is 6.84. The smallest absolute Gasteiger partial charge is 0.241 e. The zero-order valence-electron chi connectivity index (χ0n) is 14.9. The van der Waals surface area contributed by atoms with Gasteiger partial charge in [0.15, 0.2) is 0 Å². The maximum Gasteiger partial charge on any atom is 0.241 e. The molecule has 1 aromatic carbocycles. The van der Waals surface area contributed by atoms with Crippen LogP contribution < -0.4 is 9.46 Å². The molecule has 136 valence electrons. The summed E-state index contributed by atoms with van der Waals surface area (Å²) in [6, 6.07) is 4.75. The monoisotopic (exact) mass is 380 g/mol. The molecule has 0 unspecified atom stereocenters. The van der Waals surface area contributed by atoms with Gasteiger partial charge in [0, 0.05) is 11.1 Å². The standard InChI is InChI=1S/C18H24N2O3S2/c1-11(2)23-16-8-7-15(9-12(16)3)25(21,22)20-17(14-5-6-14)18-19-10-13(4)24-18/h7-11,14,17,20H,5-6H2,1-4H3/t17-/m0/s1. The molecule has 7 heteroatoms. The van der Waals surface area contributed by atoms with E-state index in [1.54, 1.807) is 35.7 Å². The summed E-state index contributed by atoms with van der Waals surface area (Å²) in [6.07, 6.45) is 3.91. The van der Waals surface area contributed by atoms with E-state index in [9.17, 15) is 8.42 Å². The second kappa shape index (κ2) is 7.05. The Labute approximate surface area is 153 Å². The topological polar surface area (TPSA) is 68.3 Å². The van der Waals surface area contributed by atoms with Gasteiger partial charge in [0.25, 0.3) is 0 Å². The Morgan fingerprint density at radius 1 is 1.28 bits per heavy atom. The first-order valence-electron chi connectivity index (χ1n) is 8.48. The predicted molar refractivity (Wildman–Crippen MR) is 99.6 cm³/mol. The minimum absolute atomic E-state index is 0.0478. The van der Waals surface area contributed by atoms with E-state index in [1.807, 2.05) is 27.7 Å². The Hall–Kier alpha value is -1.44. The number of rotatable bonds is 7. The summed E-state index contributed by atoms with van der Waals surface area (Å²) >= 11 is 1.55. The van der Waals surface area contributed by atoms with Crippen LogP contribution in [0.25, 0.3) is 0 Å². The van der Waals surface area contributed by atoms with Crippen LogP contribution in [0.5, 0.6) is 5.75 Å². The fraction of sp³-hybridized carbons (Fsp3) is 0.500. The van der Waals surface area contributed by atoms with Crippen LogP contribution in [0, 0.1) is 19.8 Å². The van der Waals surface area contributed by atoms with E-state index in [2.05, 4.69) is 9.71 Å². The van der Waals surface area contributed by atoms with Crippen molar-refractivity contribution >= 4 is 21.4 Å². The molecule has 0 spiro atoms. The van der Waals surface area contributed by atoms with Gasteiger partial charge in [-0.15, -0.1) is 11.3 Å². The Balaban J connectivity index is 1.84. The van der Waals surface area contributed by atoms with Crippen LogP contribution in [0.4, 0.5) is 0 Å². The SMILES string of the molecule is Cc1cnc([C@@H](NS(=O)(=O)c2ccc(OC(C)C)c(C)c2)C2CC2)s1. The quantitative estimate of drug-likeness (QED) is 0.789. The molecule has 1 atom stereocenters. The highest BCUT2D eigenvalue weighted by molar-refractivity contribution is 7.89. The van der Waals surface area contributed by atoms with Gasteiger partial charge in [0.2, 0.25) is 10.0 Å². The summed E-state index contributed by atoms with van der Waals surface area (Å²) in [5.74, 6) is 1.05. The second-order valence-corrected chi connectivity index (χ2v) is 9.82. The van der Waals surface area contributed by atoms with Crippen LogP contribution in [0.2, 0.25) is 0 Å². The van der Waals surface area contributed by atoms with E-state index in [-0.39, 0.29) is 17.0 Å². The van der Waals surface area contributed by atoms with E-state index in [4.69, 9.17) is 4.74 Å². The van der Waals surface area contributed by atoms with Gasteiger partial charge < -0.3 is 4.74 Å². The molecule has 3 rings (SSSR count). The molecule has 1 aliphatic carbocycles. The van der Waals surface area contributed by atoms with Gasteiger partial charge in [-0.3, -0.25) is 0 Å². The maximum absolute atomic E-state index is 12.9. The van der Waals surface area contributed by atoms with Gasteiger partial charge >= 0.3 is 0 Å². The first-order chi connectivity index (χ1) is 11.8. The van der Waals surface area contributed by atoms with Gasteiger partial charge in [0.1, 0.15) is 10.8 Å².